The van der Waals surface area contributed by atoms with Gasteiger partial charge in [-0.2, -0.15) is 0 Å². The number of rotatable bonds is 7. The van der Waals surface area contributed by atoms with Crippen LogP contribution in [0.4, 0.5) is 5.69 Å². The van der Waals surface area contributed by atoms with E-state index < -0.39 is 4.92 Å². The lowest BCUT2D eigenvalue weighted by molar-refractivity contribution is -0.385. The van der Waals surface area contributed by atoms with E-state index >= 15 is 0 Å². The molecule has 1 N–H and O–H groups in total. The molecule has 126 valence electrons. The van der Waals surface area contributed by atoms with Crippen LogP contribution < -0.4 is 14.8 Å². The minimum atomic E-state index is -0.458. The molecule has 0 saturated carbocycles. The molecule has 0 aliphatic heterocycles. The minimum absolute atomic E-state index is 0.0184. The Labute approximate surface area is 139 Å². The van der Waals surface area contributed by atoms with Crippen molar-refractivity contribution in [1.29, 1.82) is 0 Å². The maximum atomic E-state index is 11.8. The van der Waals surface area contributed by atoms with Gasteiger partial charge in [0.1, 0.15) is 11.5 Å². The number of ether oxygens (including phenoxy) is 2. The van der Waals surface area contributed by atoms with Crippen LogP contribution in [0.15, 0.2) is 42.5 Å². The third kappa shape index (κ3) is 4.70. The Morgan fingerprint density at radius 1 is 1.21 bits per heavy atom. The number of nitro benzene ring substituents is 1. The second kappa shape index (κ2) is 7.96. The number of carbonyl (C=O) groups is 1. The molecule has 0 radical (unpaired) electrons. The Kier molecular flexibility index (Phi) is 5.73. The lowest BCUT2D eigenvalue weighted by Gasteiger charge is -2.09. The fraction of sp³-hybridized carbons (Fsp3) is 0.235. The number of nitrogens with zero attached hydrogens (tertiary/aromatic N) is 1. The first kappa shape index (κ1) is 17.3. The van der Waals surface area contributed by atoms with Crippen LogP contribution in [-0.2, 0) is 11.3 Å². The van der Waals surface area contributed by atoms with Gasteiger partial charge in [-0.15, -0.1) is 0 Å². The molecule has 0 fully saturated rings. The monoisotopic (exact) mass is 330 g/mol. The summed E-state index contributed by atoms with van der Waals surface area (Å²) in [6.45, 7) is 1.81. The molecule has 0 aromatic heterocycles. The van der Waals surface area contributed by atoms with Crippen molar-refractivity contribution in [2.45, 2.75) is 13.5 Å². The number of benzene rings is 2. The Hall–Kier alpha value is -3.09. The predicted octanol–water partition coefficient (Wildman–Crippen LogP) is 2.61. The van der Waals surface area contributed by atoms with Crippen molar-refractivity contribution in [1.82, 2.24) is 5.32 Å². The largest absolute Gasteiger partial charge is 0.497 e. The van der Waals surface area contributed by atoms with Crippen molar-refractivity contribution in [3.63, 3.8) is 0 Å². The number of hydrogen-bond donors (Lipinski definition) is 1. The number of nitro groups is 1. The summed E-state index contributed by atoms with van der Waals surface area (Å²) in [7, 11) is 1.58. The fourth-order valence-corrected chi connectivity index (χ4v) is 2.11. The highest BCUT2D eigenvalue weighted by Crippen LogP contribution is 2.22. The second-order valence-electron chi connectivity index (χ2n) is 5.12. The van der Waals surface area contributed by atoms with Gasteiger partial charge < -0.3 is 14.8 Å². The smallest absolute Gasteiger partial charge is 0.272 e. The molecule has 0 aliphatic rings. The van der Waals surface area contributed by atoms with Crippen LogP contribution in [0.3, 0.4) is 0 Å². The van der Waals surface area contributed by atoms with Crippen LogP contribution in [0.5, 0.6) is 11.5 Å². The molecule has 0 bridgehead atoms. The lowest BCUT2D eigenvalue weighted by atomic mass is 10.2. The molecule has 2 aromatic rings. The van der Waals surface area contributed by atoms with Gasteiger partial charge >= 0.3 is 0 Å². The fourth-order valence-electron chi connectivity index (χ4n) is 2.11. The molecular weight excluding hydrogens is 312 g/mol. The summed E-state index contributed by atoms with van der Waals surface area (Å²) in [6.07, 6.45) is 0. The van der Waals surface area contributed by atoms with Gasteiger partial charge in [-0.1, -0.05) is 12.1 Å². The van der Waals surface area contributed by atoms with Crippen molar-refractivity contribution >= 4 is 11.6 Å². The summed E-state index contributed by atoms with van der Waals surface area (Å²) in [5.41, 5.74) is 1.41. The van der Waals surface area contributed by atoms with Gasteiger partial charge in [0, 0.05) is 18.2 Å². The van der Waals surface area contributed by atoms with Gasteiger partial charge in [0.05, 0.1) is 12.0 Å². The van der Waals surface area contributed by atoms with E-state index in [1.54, 1.807) is 14.0 Å². The van der Waals surface area contributed by atoms with Gasteiger partial charge in [-0.3, -0.25) is 14.9 Å². The number of aryl methyl sites for hydroxylation is 1. The van der Waals surface area contributed by atoms with Crippen LogP contribution in [-0.4, -0.2) is 24.5 Å². The van der Waals surface area contributed by atoms with E-state index in [0.29, 0.717) is 17.9 Å². The predicted molar refractivity (Wildman–Crippen MR) is 88.2 cm³/mol. The van der Waals surface area contributed by atoms with Crippen molar-refractivity contribution < 1.29 is 19.2 Å². The first-order chi connectivity index (χ1) is 11.5. The van der Waals surface area contributed by atoms with Gasteiger partial charge in [-0.25, -0.2) is 0 Å². The van der Waals surface area contributed by atoms with Crippen molar-refractivity contribution in [2.24, 2.45) is 0 Å². The number of amides is 1. The van der Waals surface area contributed by atoms with E-state index in [1.165, 1.54) is 18.2 Å². The average molecular weight is 330 g/mol. The molecular formula is C17H18N2O5. The zero-order valence-electron chi connectivity index (χ0n) is 13.4. The number of hydrogen-bond acceptors (Lipinski definition) is 5. The molecule has 0 atom stereocenters. The summed E-state index contributed by atoms with van der Waals surface area (Å²) in [5.74, 6) is 0.850. The van der Waals surface area contributed by atoms with E-state index in [9.17, 15) is 14.9 Å². The van der Waals surface area contributed by atoms with Crippen LogP contribution >= 0.6 is 0 Å². The van der Waals surface area contributed by atoms with Crippen molar-refractivity contribution in [3.05, 3.63) is 63.7 Å². The highest BCUT2D eigenvalue weighted by atomic mass is 16.6. The maximum Gasteiger partial charge on any atom is 0.272 e. The van der Waals surface area contributed by atoms with Gasteiger partial charge in [0.25, 0.3) is 11.6 Å². The average Bonchev–Trinajstić information content (AvgIpc) is 2.58. The van der Waals surface area contributed by atoms with Gasteiger partial charge in [0.15, 0.2) is 6.61 Å². The summed E-state index contributed by atoms with van der Waals surface area (Å²) in [4.78, 5) is 22.1. The molecule has 0 heterocycles. The second-order valence-corrected chi connectivity index (χ2v) is 5.12. The molecule has 0 spiro atoms. The standard InChI is InChI=1S/C17H18N2O5/c1-12-8-15(6-7-16(12)19(21)22)24-11-17(20)18-10-13-4-3-5-14(9-13)23-2/h3-9H,10-11H2,1-2H3,(H,18,20). The lowest BCUT2D eigenvalue weighted by Crippen LogP contribution is -2.28. The summed E-state index contributed by atoms with van der Waals surface area (Å²) < 4.78 is 10.5. The molecule has 7 nitrogen and oxygen atoms in total. The topological polar surface area (TPSA) is 90.7 Å². The zero-order valence-corrected chi connectivity index (χ0v) is 13.4. The summed E-state index contributed by atoms with van der Waals surface area (Å²) in [5, 5.41) is 13.5. The van der Waals surface area contributed by atoms with E-state index in [1.807, 2.05) is 24.3 Å². The first-order valence-electron chi connectivity index (χ1n) is 7.27. The number of carbonyl (C=O) groups excluding carboxylic acids is 1. The van der Waals surface area contributed by atoms with Crippen LogP contribution in [0, 0.1) is 17.0 Å². The molecule has 0 unspecified atom stereocenters. The quantitative estimate of drug-likeness (QED) is 0.622. The molecule has 7 heteroatoms. The molecule has 2 rings (SSSR count). The molecule has 24 heavy (non-hydrogen) atoms. The van der Waals surface area contributed by atoms with E-state index in [0.717, 1.165) is 11.3 Å². The summed E-state index contributed by atoms with van der Waals surface area (Å²) in [6, 6.07) is 11.7. The Morgan fingerprint density at radius 3 is 2.67 bits per heavy atom. The van der Waals surface area contributed by atoms with Gasteiger partial charge in [-0.05, 0) is 36.8 Å². The number of methoxy groups -OCH3 is 1. The highest BCUT2D eigenvalue weighted by molar-refractivity contribution is 5.77. The number of nitrogens with one attached hydrogen (secondary N) is 1. The van der Waals surface area contributed by atoms with Crippen LogP contribution in [0.1, 0.15) is 11.1 Å². The minimum Gasteiger partial charge on any atom is -0.497 e. The third-order valence-electron chi connectivity index (χ3n) is 3.36. The highest BCUT2D eigenvalue weighted by Gasteiger charge is 2.11. The first-order valence-corrected chi connectivity index (χ1v) is 7.27. The molecule has 1 amide bonds. The van der Waals surface area contributed by atoms with Crippen molar-refractivity contribution in [2.75, 3.05) is 13.7 Å². The zero-order chi connectivity index (χ0) is 17.5. The van der Waals surface area contributed by atoms with Crippen LogP contribution in [0.25, 0.3) is 0 Å². The van der Waals surface area contributed by atoms with E-state index in [-0.39, 0.29) is 18.2 Å². The van der Waals surface area contributed by atoms with E-state index in [4.69, 9.17) is 9.47 Å². The summed E-state index contributed by atoms with van der Waals surface area (Å²) >= 11 is 0. The SMILES string of the molecule is COc1cccc(CNC(=O)COc2ccc([N+](=O)[O-])c(C)c2)c1. The maximum absolute atomic E-state index is 11.8. The van der Waals surface area contributed by atoms with Crippen LogP contribution in [0.2, 0.25) is 0 Å². The van der Waals surface area contributed by atoms with Crippen molar-refractivity contribution in [3.8, 4) is 11.5 Å². The van der Waals surface area contributed by atoms with E-state index in [2.05, 4.69) is 5.32 Å². The Balaban J connectivity index is 1.84. The Morgan fingerprint density at radius 2 is 2.00 bits per heavy atom. The van der Waals surface area contributed by atoms with Gasteiger partial charge in [0.2, 0.25) is 0 Å². The molecule has 2 aromatic carbocycles. The Bertz CT molecular complexity index is 746. The normalized spacial score (nSPS) is 10.1. The molecule has 0 saturated heterocycles. The third-order valence-corrected chi connectivity index (χ3v) is 3.36. The molecule has 0 aliphatic carbocycles.